The molecule has 0 heterocycles. The Balaban J connectivity index is 3.39. The molecule has 8 heteroatoms. The van der Waals surface area contributed by atoms with E-state index in [2.05, 4.69) is 19.8 Å². The molecule has 0 spiro atoms. The monoisotopic (exact) mass is 322 g/mol. The first-order chi connectivity index (χ1) is 10.1. The van der Waals surface area contributed by atoms with Crippen molar-refractivity contribution >= 4 is 21.3 Å². The fourth-order valence-corrected chi connectivity index (χ4v) is 1.87. The van der Waals surface area contributed by atoms with E-state index in [9.17, 15) is 9.59 Å². The Morgan fingerprint density at radius 2 is 1.90 bits per heavy atom. The molecule has 1 amide bonds. The first kappa shape index (κ1) is 20.2. The van der Waals surface area contributed by atoms with Crippen LogP contribution in [0, 0.1) is 0 Å². The largest absolute Gasteiger partial charge is 0.480 e. The second-order valence-corrected chi connectivity index (χ2v) is 4.90. The highest BCUT2D eigenvalue weighted by Gasteiger charge is 2.13. The predicted molar refractivity (Wildman–Crippen MR) is 83.1 cm³/mol. The lowest BCUT2D eigenvalue weighted by Crippen LogP contribution is -2.31. The Bertz CT molecular complexity index is 292. The predicted octanol–water partition coefficient (Wildman–Crippen LogP) is 0.549. The average Bonchev–Trinajstić information content (AvgIpc) is 2.46. The van der Waals surface area contributed by atoms with Crippen LogP contribution in [0.3, 0.4) is 0 Å². The Hall–Kier alpha value is -0.750. The minimum absolute atomic E-state index is 0.0282. The molecule has 0 aromatic carbocycles. The van der Waals surface area contributed by atoms with Gasteiger partial charge in [-0.05, 0) is 25.7 Å². The van der Waals surface area contributed by atoms with Crippen molar-refractivity contribution in [2.75, 3.05) is 33.0 Å². The third kappa shape index (κ3) is 12.7. The van der Waals surface area contributed by atoms with Gasteiger partial charge in [-0.3, -0.25) is 14.7 Å². The zero-order valence-electron chi connectivity index (χ0n) is 12.6. The number of ether oxygens (including phenoxy) is 2. The van der Waals surface area contributed by atoms with Gasteiger partial charge in [-0.1, -0.05) is 16.3 Å². The molecule has 21 heavy (non-hydrogen) atoms. The van der Waals surface area contributed by atoms with Crippen LogP contribution in [0.5, 0.6) is 0 Å². The van der Waals surface area contributed by atoms with E-state index < -0.39 is 12.0 Å². The Morgan fingerprint density at radius 1 is 1.19 bits per heavy atom. The number of carbonyl (C=O) groups is 2. The number of carboxylic acids is 1. The van der Waals surface area contributed by atoms with Gasteiger partial charge in [-0.2, -0.15) is 0 Å². The van der Waals surface area contributed by atoms with Crippen molar-refractivity contribution in [2.45, 2.75) is 38.6 Å². The average molecular weight is 322 g/mol. The van der Waals surface area contributed by atoms with Crippen molar-refractivity contribution in [1.29, 1.82) is 0 Å². The van der Waals surface area contributed by atoms with Crippen molar-refractivity contribution in [3.63, 3.8) is 0 Å². The molecule has 2 atom stereocenters. The summed E-state index contributed by atoms with van der Waals surface area (Å²) in [6, 6.07) is -0.558. The lowest BCUT2D eigenvalue weighted by atomic mass is 10.1. The van der Waals surface area contributed by atoms with Gasteiger partial charge < -0.3 is 19.9 Å². The molecule has 0 aliphatic heterocycles. The molecule has 0 fully saturated rings. The molecule has 0 aromatic heterocycles. The van der Waals surface area contributed by atoms with Gasteiger partial charge in [-0.15, -0.1) is 0 Å². The standard InChI is InChI=1S/C13H27N2O5P/c1-2-7-19-8-9-20-10-12(16)14-6-4-3-5-11(15-21)13(17)18/h11,15H,2-10,21H2,1H3,(H,14,16)(H,17,18). The Labute approximate surface area is 128 Å². The van der Waals surface area contributed by atoms with Crippen LogP contribution in [0.2, 0.25) is 0 Å². The maximum atomic E-state index is 11.4. The summed E-state index contributed by atoms with van der Waals surface area (Å²) in [7, 11) is 2.21. The number of carboxylic acid groups (broad SMARTS) is 1. The zero-order valence-corrected chi connectivity index (χ0v) is 13.8. The number of amides is 1. The smallest absolute Gasteiger partial charge is 0.320 e. The zero-order chi connectivity index (χ0) is 15.9. The molecule has 0 aromatic rings. The van der Waals surface area contributed by atoms with Crippen molar-refractivity contribution in [3.05, 3.63) is 0 Å². The number of hydrogen-bond acceptors (Lipinski definition) is 5. The summed E-state index contributed by atoms with van der Waals surface area (Å²) in [5, 5.41) is 14.2. The second-order valence-electron chi connectivity index (χ2n) is 4.57. The molecule has 0 bridgehead atoms. The lowest BCUT2D eigenvalue weighted by molar-refractivity contribution is -0.139. The van der Waals surface area contributed by atoms with E-state index in [4.69, 9.17) is 14.6 Å². The molecule has 7 nitrogen and oxygen atoms in total. The summed E-state index contributed by atoms with van der Waals surface area (Å²) in [5.74, 6) is -1.03. The number of aliphatic carboxylic acids is 1. The Morgan fingerprint density at radius 3 is 2.52 bits per heavy atom. The minimum Gasteiger partial charge on any atom is -0.480 e. The summed E-state index contributed by atoms with van der Waals surface area (Å²) in [6.45, 7) is 4.20. The molecule has 0 saturated carbocycles. The van der Waals surface area contributed by atoms with Gasteiger partial charge in [-0.25, -0.2) is 0 Å². The summed E-state index contributed by atoms with van der Waals surface area (Å²) < 4.78 is 10.4. The van der Waals surface area contributed by atoms with Gasteiger partial charge >= 0.3 is 5.97 Å². The number of carbonyl (C=O) groups excluding carboxylic acids is 1. The highest BCUT2D eigenvalue weighted by Crippen LogP contribution is 2.02. The first-order valence-corrected chi connectivity index (χ1v) is 7.80. The number of unbranched alkanes of at least 4 members (excludes halogenated alkanes) is 1. The van der Waals surface area contributed by atoms with Gasteiger partial charge in [0.15, 0.2) is 0 Å². The number of hydrogen-bond donors (Lipinski definition) is 3. The van der Waals surface area contributed by atoms with Crippen molar-refractivity contribution in [2.24, 2.45) is 0 Å². The maximum Gasteiger partial charge on any atom is 0.320 e. The van der Waals surface area contributed by atoms with Gasteiger partial charge in [0, 0.05) is 13.2 Å². The molecular weight excluding hydrogens is 295 g/mol. The van der Waals surface area contributed by atoms with Gasteiger partial charge in [0.1, 0.15) is 12.6 Å². The fourth-order valence-electron chi connectivity index (χ4n) is 1.56. The molecule has 124 valence electrons. The van der Waals surface area contributed by atoms with Gasteiger partial charge in [0.25, 0.3) is 0 Å². The lowest BCUT2D eigenvalue weighted by Gasteiger charge is -2.10. The van der Waals surface area contributed by atoms with Crippen LogP contribution in [-0.2, 0) is 19.1 Å². The maximum absolute atomic E-state index is 11.4. The van der Waals surface area contributed by atoms with E-state index >= 15 is 0 Å². The van der Waals surface area contributed by atoms with Crippen LogP contribution in [-0.4, -0.2) is 56.0 Å². The molecule has 0 aliphatic carbocycles. The number of nitrogens with one attached hydrogen (secondary N) is 2. The topological polar surface area (TPSA) is 96.9 Å². The van der Waals surface area contributed by atoms with Crippen LogP contribution in [0.4, 0.5) is 0 Å². The first-order valence-electron chi connectivity index (χ1n) is 7.23. The number of rotatable bonds is 14. The van der Waals surface area contributed by atoms with Crippen LogP contribution in [0.25, 0.3) is 0 Å². The summed E-state index contributed by atoms with van der Waals surface area (Å²) in [4.78, 5) is 22.1. The van der Waals surface area contributed by atoms with Crippen LogP contribution in [0.1, 0.15) is 32.6 Å². The summed E-state index contributed by atoms with van der Waals surface area (Å²) in [6.07, 6.45) is 2.96. The summed E-state index contributed by atoms with van der Waals surface area (Å²) >= 11 is 0. The van der Waals surface area contributed by atoms with E-state index in [1.807, 2.05) is 6.92 Å². The molecule has 0 rings (SSSR count). The quantitative estimate of drug-likeness (QED) is 0.319. The Kier molecular flexibility index (Phi) is 13.7. The molecule has 2 unspecified atom stereocenters. The van der Waals surface area contributed by atoms with Crippen molar-refractivity contribution in [3.8, 4) is 0 Å². The van der Waals surface area contributed by atoms with Crippen molar-refractivity contribution in [1.82, 2.24) is 10.4 Å². The highest BCUT2D eigenvalue weighted by molar-refractivity contribution is 7.13. The minimum atomic E-state index is -0.868. The molecule has 0 saturated heterocycles. The van der Waals surface area contributed by atoms with E-state index in [0.717, 1.165) is 19.3 Å². The van der Waals surface area contributed by atoms with E-state index in [-0.39, 0.29) is 12.5 Å². The van der Waals surface area contributed by atoms with Gasteiger partial charge in [0.2, 0.25) is 5.91 Å². The molecular formula is C13H27N2O5P. The molecule has 0 aliphatic rings. The second kappa shape index (κ2) is 14.2. The normalized spacial score (nSPS) is 12.1. The molecule has 3 N–H and O–H groups in total. The SMILES string of the molecule is CCCOCCOCC(=O)NCCCCC(NP)C(=O)O. The molecule has 0 radical (unpaired) electrons. The van der Waals surface area contributed by atoms with Crippen LogP contribution < -0.4 is 10.4 Å². The third-order valence-electron chi connectivity index (χ3n) is 2.69. The van der Waals surface area contributed by atoms with Crippen LogP contribution >= 0.6 is 9.39 Å². The van der Waals surface area contributed by atoms with Gasteiger partial charge in [0.05, 0.1) is 13.2 Å². The van der Waals surface area contributed by atoms with E-state index in [1.54, 1.807) is 0 Å². The van der Waals surface area contributed by atoms with Crippen molar-refractivity contribution < 1.29 is 24.2 Å². The fraction of sp³-hybridized carbons (Fsp3) is 0.846. The van der Waals surface area contributed by atoms with E-state index in [1.165, 1.54) is 0 Å². The summed E-state index contributed by atoms with van der Waals surface area (Å²) in [5.41, 5.74) is 0. The van der Waals surface area contributed by atoms with E-state index in [0.29, 0.717) is 32.8 Å². The third-order valence-corrected chi connectivity index (χ3v) is 3.10. The highest BCUT2D eigenvalue weighted by atomic mass is 31.0. The van der Waals surface area contributed by atoms with Crippen LogP contribution in [0.15, 0.2) is 0 Å².